The van der Waals surface area contributed by atoms with E-state index < -0.39 is 6.03 Å². The van der Waals surface area contributed by atoms with E-state index in [-0.39, 0.29) is 11.9 Å². The Labute approximate surface area is 115 Å². The summed E-state index contributed by atoms with van der Waals surface area (Å²) in [6, 6.07) is -0.354. The topological polar surface area (TPSA) is 70.2 Å². The van der Waals surface area contributed by atoms with E-state index in [0.29, 0.717) is 12.6 Å². The van der Waals surface area contributed by atoms with Gasteiger partial charge < -0.3 is 10.6 Å². The molecule has 0 aromatic carbocycles. The molecule has 1 rings (SSSR count). The minimum absolute atomic E-state index is 0.260. The van der Waals surface area contributed by atoms with E-state index >= 15 is 0 Å². The van der Waals surface area contributed by atoms with Crippen molar-refractivity contribution in [2.75, 3.05) is 6.54 Å². The maximum Gasteiger partial charge on any atom is 0.321 e. The molecule has 0 aromatic heterocycles. The lowest BCUT2D eigenvalue weighted by molar-refractivity contribution is -0.121. The molecule has 0 aliphatic heterocycles. The molecule has 5 nitrogen and oxygen atoms in total. The van der Waals surface area contributed by atoms with Gasteiger partial charge in [-0.2, -0.15) is 0 Å². The normalized spacial score (nSPS) is 24.6. The van der Waals surface area contributed by atoms with Crippen molar-refractivity contribution < 1.29 is 9.59 Å². The van der Waals surface area contributed by atoms with E-state index in [4.69, 9.17) is 0 Å². The zero-order chi connectivity index (χ0) is 14.3. The van der Waals surface area contributed by atoms with Crippen LogP contribution < -0.4 is 16.0 Å². The fourth-order valence-corrected chi connectivity index (χ4v) is 2.67. The molecule has 1 saturated carbocycles. The Bertz CT molecular complexity index is 307. The molecule has 3 N–H and O–H groups in total. The second-order valence-corrected chi connectivity index (χ2v) is 5.37. The van der Waals surface area contributed by atoms with Crippen LogP contribution in [0.25, 0.3) is 0 Å². The third kappa shape index (κ3) is 5.59. The summed E-state index contributed by atoms with van der Waals surface area (Å²) in [5.41, 5.74) is 0. The zero-order valence-electron chi connectivity index (χ0n) is 12.3. The first kappa shape index (κ1) is 16.0. The van der Waals surface area contributed by atoms with Crippen LogP contribution in [-0.2, 0) is 4.79 Å². The maximum atomic E-state index is 11.8. The highest BCUT2D eigenvalue weighted by atomic mass is 16.2. The molecule has 1 aliphatic carbocycles. The molecule has 3 atom stereocenters. The molecule has 0 bridgehead atoms. The Balaban J connectivity index is 2.34. The summed E-state index contributed by atoms with van der Waals surface area (Å²) in [6.07, 6.45) is 5.98. The van der Waals surface area contributed by atoms with E-state index in [2.05, 4.69) is 22.9 Å². The summed E-state index contributed by atoms with van der Waals surface area (Å²) in [7, 11) is 0. The van der Waals surface area contributed by atoms with Crippen molar-refractivity contribution in [2.24, 2.45) is 5.92 Å². The van der Waals surface area contributed by atoms with Crippen LogP contribution in [-0.4, -0.2) is 30.6 Å². The second kappa shape index (κ2) is 8.15. The Morgan fingerprint density at radius 1 is 1.26 bits per heavy atom. The maximum absolute atomic E-state index is 11.8. The molecule has 1 fully saturated rings. The molecule has 110 valence electrons. The van der Waals surface area contributed by atoms with Crippen LogP contribution in [0.5, 0.6) is 0 Å². The van der Waals surface area contributed by atoms with Crippen LogP contribution in [0, 0.1) is 5.92 Å². The van der Waals surface area contributed by atoms with E-state index in [1.807, 2.05) is 13.8 Å². The number of nitrogens with one attached hydrogen (secondary N) is 3. The summed E-state index contributed by atoms with van der Waals surface area (Å²) in [5, 5.41) is 8.23. The lowest BCUT2D eigenvalue weighted by Crippen LogP contribution is -2.51. The summed E-state index contributed by atoms with van der Waals surface area (Å²) in [4.78, 5) is 23.1. The predicted octanol–water partition coefficient (Wildman–Crippen LogP) is 1.78. The van der Waals surface area contributed by atoms with Gasteiger partial charge in [0.2, 0.25) is 5.91 Å². The molecule has 0 saturated heterocycles. The summed E-state index contributed by atoms with van der Waals surface area (Å²) >= 11 is 0. The van der Waals surface area contributed by atoms with Gasteiger partial charge in [0.25, 0.3) is 0 Å². The number of hydrogen-bond acceptors (Lipinski definition) is 3. The summed E-state index contributed by atoms with van der Waals surface area (Å²) in [6.45, 7) is 6.36. The van der Waals surface area contributed by atoms with Crippen molar-refractivity contribution >= 4 is 11.9 Å². The molecular formula is C14H27N3O2. The van der Waals surface area contributed by atoms with Crippen LogP contribution in [0.2, 0.25) is 0 Å². The van der Waals surface area contributed by atoms with Crippen molar-refractivity contribution in [3.8, 4) is 0 Å². The third-order valence-electron chi connectivity index (χ3n) is 3.81. The van der Waals surface area contributed by atoms with Crippen LogP contribution >= 0.6 is 0 Å². The second-order valence-electron chi connectivity index (χ2n) is 5.37. The van der Waals surface area contributed by atoms with E-state index in [1.54, 1.807) is 0 Å². The van der Waals surface area contributed by atoms with E-state index in [0.717, 1.165) is 18.8 Å². The quantitative estimate of drug-likeness (QED) is 0.712. The predicted molar refractivity (Wildman–Crippen MR) is 75.9 cm³/mol. The monoisotopic (exact) mass is 269 g/mol. The molecule has 3 unspecified atom stereocenters. The standard InChI is InChI=1S/C14H27N3O2/c1-4-11-7-6-8-12(9-11)16-10(3)13(18)17-14(19)15-5-2/h10-12,16H,4-9H2,1-3H3,(H2,15,17,18,19). The van der Waals surface area contributed by atoms with Crippen LogP contribution in [0.4, 0.5) is 4.79 Å². The van der Waals surface area contributed by atoms with Crippen molar-refractivity contribution in [3.63, 3.8) is 0 Å². The number of rotatable bonds is 5. The van der Waals surface area contributed by atoms with E-state index in [1.165, 1.54) is 19.3 Å². The number of amides is 3. The molecule has 0 radical (unpaired) electrons. The average molecular weight is 269 g/mol. The SMILES string of the molecule is CCNC(=O)NC(=O)C(C)NC1CCCC(CC)C1. The average Bonchev–Trinajstić information content (AvgIpc) is 2.39. The number of imide groups is 1. The molecule has 0 heterocycles. The van der Waals surface area contributed by atoms with Crippen molar-refractivity contribution in [3.05, 3.63) is 0 Å². The number of carbonyl (C=O) groups is 2. The fourth-order valence-electron chi connectivity index (χ4n) is 2.67. The summed E-state index contributed by atoms with van der Waals surface area (Å²) in [5.74, 6) is 0.509. The van der Waals surface area contributed by atoms with Gasteiger partial charge in [-0.3, -0.25) is 10.1 Å². The fraction of sp³-hybridized carbons (Fsp3) is 0.857. The van der Waals surface area contributed by atoms with Gasteiger partial charge in [-0.1, -0.05) is 26.2 Å². The summed E-state index contributed by atoms with van der Waals surface area (Å²) < 4.78 is 0. The number of carbonyl (C=O) groups excluding carboxylic acids is 2. The smallest absolute Gasteiger partial charge is 0.321 e. The number of hydrogen-bond donors (Lipinski definition) is 3. The lowest BCUT2D eigenvalue weighted by atomic mass is 9.84. The zero-order valence-corrected chi connectivity index (χ0v) is 12.3. The van der Waals surface area contributed by atoms with Crippen LogP contribution in [0.3, 0.4) is 0 Å². The first-order valence-electron chi connectivity index (χ1n) is 7.41. The first-order chi connectivity index (χ1) is 9.06. The van der Waals surface area contributed by atoms with Gasteiger partial charge in [0.15, 0.2) is 0 Å². The van der Waals surface area contributed by atoms with Crippen molar-refractivity contribution in [2.45, 2.75) is 65.0 Å². The molecule has 5 heteroatoms. The van der Waals surface area contributed by atoms with Gasteiger partial charge in [-0.15, -0.1) is 0 Å². The van der Waals surface area contributed by atoms with Gasteiger partial charge in [-0.05, 0) is 32.6 Å². The van der Waals surface area contributed by atoms with Crippen LogP contribution in [0.1, 0.15) is 52.9 Å². The number of urea groups is 1. The van der Waals surface area contributed by atoms with Crippen molar-refractivity contribution in [1.29, 1.82) is 0 Å². The van der Waals surface area contributed by atoms with Crippen LogP contribution in [0.15, 0.2) is 0 Å². The van der Waals surface area contributed by atoms with Gasteiger partial charge in [0, 0.05) is 12.6 Å². The Hall–Kier alpha value is -1.10. The lowest BCUT2D eigenvalue weighted by Gasteiger charge is -2.31. The first-order valence-corrected chi connectivity index (χ1v) is 7.41. The van der Waals surface area contributed by atoms with Crippen molar-refractivity contribution in [1.82, 2.24) is 16.0 Å². The molecule has 0 spiro atoms. The van der Waals surface area contributed by atoms with E-state index in [9.17, 15) is 9.59 Å². The van der Waals surface area contributed by atoms with Gasteiger partial charge in [0.05, 0.1) is 6.04 Å². The molecule has 3 amide bonds. The largest absolute Gasteiger partial charge is 0.338 e. The Kier molecular flexibility index (Phi) is 6.84. The van der Waals surface area contributed by atoms with Gasteiger partial charge in [0.1, 0.15) is 0 Å². The van der Waals surface area contributed by atoms with Gasteiger partial charge >= 0.3 is 6.03 Å². The highest BCUT2D eigenvalue weighted by Crippen LogP contribution is 2.26. The minimum Gasteiger partial charge on any atom is -0.338 e. The Morgan fingerprint density at radius 2 is 2.00 bits per heavy atom. The minimum atomic E-state index is -0.420. The third-order valence-corrected chi connectivity index (χ3v) is 3.81. The Morgan fingerprint density at radius 3 is 2.63 bits per heavy atom. The molecule has 1 aliphatic rings. The molecular weight excluding hydrogens is 242 g/mol. The van der Waals surface area contributed by atoms with Gasteiger partial charge in [-0.25, -0.2) is 4.79 Å². The molecule has 0 aromatic rings. The highest BCUT2D eigenvalue weighted by molar-refractivity contribution is 5.96. The highest BCUT2D eigenvalue weighted by Gasteiger charge is 2.24. The molecule has 19 heavy (non-hydrogen) atoms.